The van der Waals surface area contributed by atoms with Crippen LogP contribution in [0, 0.1) is 33.5 Å². The van der Waals surface area contributed by atoms with Gasteiger partial charge >= 0.3 is 6.03 Å². The standard InChI is InChI=1S/C48H58N2O5/c1-33(34-14-7-5-8-15-34)49-43(53)50(28-13-29-55-4)32-47(54)25-22-41-45(47,3)24-21-40-44(2)23-20-36(51)30-46(44)26-27-48(40,41)39(31-46)42(52)38-19-12-11-18-37(38)35-16-9-6-10-17-35/h5-12,14-19,26-27,31,33,36,40-41,51,54H,13,20-25,28-30,32H2,1-4H3,(H,49,53)/t33-,36?,40-,41-,44-,45+,46+,47-,48-/m1/s1. The molecule has 0 aromatic heterocycles. The normalized spacial score (nSPS) is 34.9. The lowest BCUT2D eigenvalue weighted by Crippen LogP contribution is -2.67. The Balaban J connectivity index is 1.18. The van der Waals surface area contributed by atoms with Gasteiger partial charge in [0.15, 0.2) is 5.78 Å². The van der Waals surface area contributed by atoms with Crippen LogP contribution in [0.2, 0.25) is 0 Å². The number of aliphatic hydroxyl groups is 2. The Morgan fingerprint density at radius 3 is 2.27 bits per heavy atom. The lowest BCUT2D eigenvalue weighted by Gasteiger charge is -2.71. The van der Waals surface area contributed by atoms with Gasteiger partial charge in [-0.3, -0.25) is 4.79 Å². The fraction of sp³-hybridized carbons (Fsp3) is 0.500. The second-order valence-corrected chi connectivity index (χ2v) is 17.9. The van der Waals surface area contributed by atoms with E-state index in [9.17, 15) is 15.0 Å². The Bertz CT molecular complexity index is 1980. The zero-order chi connectivity index (χ0) is 38.6. The summed E-state index contributed by atoms with van der Waals surface area (Å²) in [5.74, 6) is 0.206. The summed E-state index contributed by atoms with van der Waals surface area (Å²) < 4.78 is 5.40. The number of nitrogens with one attached hydrogen (secondary N) is 1. The lowest BCUT2D eigenvalue weighted by molar-refractivity contribution is -0.174. The number of aliphatic hydroxyl groups excluding tert-OH is 1. The van der Waals surface area contributed by atoms with Gasteiger partial charge in [-0.05, 0) is 92.2 Å². The van der Waals surface area contributed by atoms with Crippen molar-refractivity contribution in [2.24, 2.45) is 33.5 Å². The van der Waals surface area contributed by atoms with Gasteiger partial charge in [0.25, 0.3) is 0 Å². The molecule has 6 aliphatic rings. The summed E-state index contributed by atoms with van der Waals surface area (Å²) in [7, 11) is 1.67. The number of carbonyl (C=O) groups excluding carboxylic acids is 2. The number of ketones is 1. The van der Waals surface area contributed by atoms with Gasteiger partial charge in [-0.2, -0.15) is 0 Å². The predicted octanol–water partition coefficient (Wildman–Crippen LogP) is 8.94. The van der Waals surface area contributed by atoms with Crippen LogP contribution in [0.4, 0.5) is 4.79 Å². The predicted molar refractivity (Wildman–Crippen MR) is 216 cm³/mol. The number of amides is 2. The van der Waals surface area contributed by atoms with Crippen molar-refractivity contribution >= 4 is 11.8 Å². The van der Waals surface area contributed by atoms with E-state index in [-0.39, 0.29) is 41.7 Å². The summed E-state index contributed by atoms with van der Waals surface area (Å²) in [5, 5.41) is 27.5. The first-order chi connectivity index (χ1) is 26.4. The fourth-order valence-corrected chi connectivity index (χ4v) is 12.4. The fourth-order valence-electron chi connectivity index (χ4n) is 12.4. The van der Waals surface area contributed by atoms with Crippen molar-refractivity contribution in [3.8, 4) is 11.1 Å². The molecule has 3 aromatic carbocycles. The number of nitrogens with zero attached hydrogens (tertiary/aromatic N) is 1. The molecule has 3 N–H and O–H groups in total. The highest BCUT2D eigenvalue weighted by Crippen LogP contribution is 2.78. The molecule has 7 nitrogen and oxygen atoms in total. The molecule has 0 heterocycles. The second-order valence-electron chi connectivity index (χ2n) is 17.9. The molecule has 9 rings (SSSR count). The van der Waals surface area contributed by atoms with E-state index < -0.39 is 27.9 Å². The molecule has 3 fully saturated rings. The van der Waals surface area contributed by atoms with Crippen LogP contribution in [0.3, 0.4) is 0 Å². The van der Waals surface area contributed by atoms with Crippen LogP contribution < -0.4 is 5.32 Å². The zero-order valence-electron chi connectivity index (χ0n) is 33.0. The molecule has 290 valence electrons. The molecule has 0 radical (unpaired) electrons. The van der Waals surface area contributed by atoms with Crippen LogP contribution in [-0.4, -0.2) is 65.4 Å². The van der Waals surface area contributed by atoms with E-state index in [0.29, 0.717) is 38.0 Å². The highest BCUT2D eigenvalue weighted by Gasteiger charge is 2.74. The number of methoxy groups -OCH3 is 1. The number of ether oxygens (including phenoxy) is 1. The molecule has 2 amide bonds. The van der Waals surface area contributed by atoms with Gasteiger partial charge in [-0.25, -0.2) is 4.79 Å². The number of hydrogen-bond donors (Lipinski definition) is 3. The van der Waals surface area contributed by atoms with Crippen LogP contribution in [0.15, 0.2) is 109 Å². The maximum absolute atomic E-state index is 15.5. The first-order valence-electron chi connectivity index (χ1n) is 20.5. The number of rotatable bonds is 11. The van der Waals surface area contributed by atoms with Crippen molar-refractivity contribution < 1.29 is 24.5 Å². The van der Waals surface area contributed by atoms with Crippen molar-refractivity contribution in [2.45, 2.75) is 89.9 Å². The average molecular weight is 743 g/mol. The van der Waals surface area contributed by atoms with Crippen molar-refractivity contribution in [2.75, 3.05) is 26.8 Å². The summed E-state index contributed by atoms with van der Waals surface area (Å²) in [6, 6.07) is 27.7. The topological polar surface area (TPSA) is 99.1 Å². The summed E-state index contributed by atoms with van der Waals surface area (Å²) >= 11 is 0. The smallest absolute Gasteiger partial charge is 0.317 e. The van der Waals surface area contributed by atoms with Gasteiger partial charge in [0.2, 0.25) is 0 Å². The number of allylic oxidation sites excluding steroid dienone is 4. The van der Waals surface area contributed by atoms with E-state index in [1.165, 1.54) is 0 Å². The van der Waals surface area contributed by atoms with Gasteiger partial charge in [-0.15, -0.1) is 0 Å². The highest BCUT2D eigenvalue weighted by molar-refractivity contribution is 6.14. The Morgan fingerprint density at radius 2 is 1.53 bits per heavy atom. The molecule has 1 unspecified atom stereocenters. The molecule has 6 aliphatic carbocycles. The Morgan fingerprint density at radius 1 is 0.873 bits per heavy atom. The van der Waals surface area contributed by atoms with Gasteiger partial charge in [0.05, 0.1) is 24.3 Å². The molecular weight excluding hydrogens is 685 g/mol. The number of carbonyl (C=O) groups is 2. The van der Waals surface area contributed by atoms with Crippen LogP contribution >= 0.6 is 0 Å². The summed E-state index contributed by atoms with van der Waals surface area (Å²) in [4.78, 5) is 31.4. The Labute approximate surface area is 326 Å². The number of urea groups is 1. The number of hydrogen-bond acceptors (Lipinski definition) is 5. The molecular formula is C48H58N2O5. The van der Waals surface area contributed by atoms with E-state index in [1.54, 1.807) is 12.0 Å². The first kappa shape index (κ1) is 37.9. The minimum absolute atomic E-state index is 0.0202. The number of Topliss-reactive ketones (excluding diaryl/α,β-unsaturated/α-hetero) is 1. The highest BCUT2D eigenvalue weighted by atomic mass is 16.5. The van der Waals surface area contributed by atoms with Crippen molar-refractivity contribution in [1.82, 2.24) is 10.2 Å². The SMILES string of the molecule is COCCCN(C[C@]1(O)CC[C@H]2[C@]34C=C[C@@]5(C=C3C(=O)c3ccccc3-c3ccccc3)CC(O)CC[C@]5(C)[C@H]4CC[C@@]21C)C(=O)N[C@H](C)c1ccccc1. The number of benzene rings is 3. The van der Waals surface area contributed by atoms with E-state index >= 15 is 4.79 Å². The summed E-state index contributed by atoms with van der Waals surface area (Å²) in [5.41, 5.74) is 1.59. The van der Waals surface area contributed by atoms with E-state index in [4.69, 9.17) is 4.74 Å². The molecule has 0 aliphatic heterocycles. The maximum Gasteiger partial charge on any atom is 0.317 e. The largest absolute Gasteiger partial charge is 0.393 e. The molecule has 9 atom stereocenters. The summed E-state index contributed by atoms with van der Waals surface area (Å²) in [6.07, 6.45) is 12.5. The van der Waals surface area contributed by atoms with Crippen LogP contribution in [0.5, 0.6) is 0 Å². The molecule has 2 spiro atoms. The molecule has 0 saturated heterocycles. The monoisotopic (exact) mass is 742 g/mol. The van der Waals surface area contributed by atoms with Crippen molar-refractivity contribution in [3.63, 3.8) is 0 Å². The van der Waals surface area contributed by atoms with E-state index in [2.05, 4.69) is 49.5 Å². The summed E-state index contributed by atoms with van der Waals surface area (Å²) in [6.45, 7) is 7.83. The molecule has 3 aromatic rings. The first-order valence-corrected chi connectivity index (χ1v) is 20.5. The zero-order valence-corrected chi connectivity index (χ0v) is 33.0. The third kappa shape index (κ3) is 5.87. The Kier molecular flexibility index (Phi) is 9.75. The van der Waals surface area contributed by atoms with Gasteiger partial charge in [0.1, 0.15) is 0 Å². The third-order valence-corrected chi connectivity index (χ3v) is 15.4. The second kappa shape index (κ2) is 14.2. The molecule has 7 heteroatoms. The minimum atomic E-state index is -1.17. The van der Waals surface area contributed by atoms with Crippen LogP contribution in [0.25, 0.3) is 11.1 Å². The average Bonchev–Trinajstić information content (AvgIpc) is 3.47. The molecule has 55 heavy (non-hydrogen) atoms. The van der Waals surface area contributed by atoms with Gasteiger partial charge in [-0.1, -0.05) is 117 Å². The quantitative estimate of drug-likeness (QED) is 0.104. The van der Waals surface area contributed by atoms with Crippen molar-refractivity contribution in [1.29, 1.82) is 0 Å². The van der Waals surface area contributed by atoms with Gasteiger partial charge in [0, 0.05) is 47.6 Å². The maximum atomic E-state index is 15.5. The number of fused-ring (bicyclic) bond motifs is 1. The Hall–Kier alpha value is -4.04. The van der Waals surface area contributed by atoms with Crippen LogP contribution in [0.1, 0.15) is 94.1 Å². The molecule has 2 bridgehead atoms. The molecule has 3 saturated carbocycles. The van der Waals surface area contributed by atoms with E-state index in [1.807, 2.05) is 79.7 Å². The van der Waals surface area contributed by atoms with Crippen molar-refractivity contribution in [3.05, 3.63) is 120 Å². The van der Waals surface area contributed by atoms with Gasteiger partial charge < -0.3 is 25.2 Å². The minimum Gasteiger partial charge on any atom is -0.393 e. The van der Waals surface area contributed by atoms with E-state index in [0.717, 1.165) is 54.4 Å². The third-order valence-electron chi connectivity index (χ3n) is 15.4. The van der Waals surface area contributed by atoms with Crippen LogP contribution in [-0.2, 0) is 4.74 Å². The lowest BCUT2D eigenvalue weighted by atomic mass is 9.32.